The SMILES string of the molecule is CC(=O)CCCCCC(NS(=O)(=O)c1ccc(C#N)cc1)C(=O)Nc1cnc2ccccc2c1. The Balaban J connectivity index is 1.75. The summed E-state index contributed by atoms with van der Waals surface area (Å²) in [6.45, 7) is 1.53. The molecule has 0 saturated carbocycles. The number of para-hydroxylation sites is 1. The minimum Gasteiger partial charge on any atom is -0.323 e. The molecule has 1 aromatic heterocycles. The number of Topliss-reactive ketones (excluding diaryl/α,β-unsaturated/α-hetero) is 1. The van der Waals surface area contributed by atoms with Crippen LogP contribution in [0.4, 0.5) is 5.69 Å². The van der Waals surface area contributed by atoms with E-state index in [1.165, 1.54) is 37.4 Å². The molecule has 0 aliphatic rings. The first kappa shape index (κ1) is 25.0. The molecular formula is C25H26N4O4S. The fourth-order valence-corrected chi connectivity index (χ4v) is 4.71. The lowest BCUT2D eigenvalue weighted by molar-refractivity contribution is -0.118. The van der Waals surface area contributed by atoms with Crippen molar-refractivity contribution in [3.63, 3.8) is 0 Å². The first-order chi connectivity index (χ1) is 16.3. The summed E-state index contributed by atoms with van der Waals surface area (Å²) in [5.41, 5.74) is 1.58. The Morgan fingerprint density at radius 3 is 2.50 bits per heavy atom. The highest BCUT2D eigenvalue weighted by Crippen LogP contribution is 2.18. The van der Waals surface area contributed by atoms with E-state index in [2.05, 4.69) is 15.0 Å². The lowest BCUT2D eigenvalue weighted by Gasteiger charge is -2.19. The zero-order valence-electron chi connectivity index (χ0n) is 18.8. The summed E-state index contributed by atoms with van der Waals surface area (Å²) in [5, 5.41) is 12.5. The van der Waals surface area contributed by atoms with Crippen molar-refractivity contribution in [2.24, 2.45) is 0 Å². The molecule has 0 aliphatic carbocycles. The van der Waals surface area contributed by atoms with Crippen LogP contribution in [0.3, 0.4) is 0 Å². The van der Waals surface area contributed by atoms with E-state index < -0.39 is 22.0 Å². The number of rotatable bonds is 11. The zero-order valence-corrected chi connectivity index (χ0v) is 19.6. The van der Waals surface area contributed by atoms with Crippen LogP contribution in [0.5, 0.6) is 0 Å². The van der Waals surface area contributed by atoms with Gasteiger partial charge in [0.05, 0.1) is 33.9 Å². The number of benzene rings is 2. The molecule has 3 rings (SSSR count). The monoisotopic (exact) mass is 478 g/mol. The highest BCUT2D eigenvalue weighted by atomic mass is 32.2. The Hall–Kier alpha value is -3.61. The summed E-state index contributed by atoms with van der Waals surface area (Å²) in [5.74, 6) is -0.402. The maximum absolute atomic E-state index is 13.1. The molecule has 0 bridgehead atoms. The van der Waals surface area contributed by atoms with Gasteiger partial charge in [0.1, 0.15) is 11.8 Å². The number of amides is 1. The van der Waals surface area contributed by atoms with Crippen LogP contribution in [0.1, 0.15) is 44.6 Å². The van der Waals surface area contributed by atoms with Gasteiger partial charge in [-0.3, -0.25) is 9.78 Å². The molecule has 0 spiro atoms. The number of sulfonamides is 1. The van der Waals surface area contributed by atoms with E-state index in [4.69, 9.17) is 5.26 Å². The van der Waals surface area contributed by atoms with E-state index in [9.17, 15) is 18.0 Å². The fraction of sp³-hybridized carbons (Fsp3) is 0.280. The molecule has 3 aromatic rings. The number of fused-ring (bicyclic) bond motifs is 1. The van der Waals surface area contributed by atoms with Crippen LogP contribution in [0.2, 0.25) is 0 Å². The third-order valence-corrected chi connectivity index (χ3v) is 6.77. The molecule has 0 radical (unpaired) electrons. The predicted molar refractivity (Wildman–Crippen MR) is 129 cm³/mol. The standard InChI is InChI=1S/C25H26N4O4S/c1-18(30)7-3-2-4-10-24(29-34(32,33)22-13-11-19(16-26)12-14-22)25(31)28-21-15-20-8-5-6-9-23(20)27-17-21/h5-6,8-9,11-15,17,24,29H,2-4,7,10H2,1H3,(H,28,31). The maximum Gasteiger partial charge on any atom is 0.242 e. The number of pyridine rings is 1. The molecule has 0 fully saturated rings. The van der Waals surface area contributed by atoms with Gasteiger partial charge >= 0.3 is 0 Å². The number of anilines is 1. The quantitative estimate of drug-likeness (QED) is 0.402. The highest BCUT2D eigenvalue weighted by molar-refractivity contribution is 7.89. The summed E-state index contributed by atoms with van der Waals surface area (Å²) in [6, 6.07) is 15.6. The summed E-state index contributed by atoms with van der Waals surface area (Å²) in [4.78, 5) is 28.5. The summed E-state index contributed by atoms with van der Waals surface area (Å²) < 4.78 is 28.3. The van der Waals surface area contributed by atoms with Crippen molar-refractivity contribution >= 4 is 38.3 Å². The second-order valence-electron chi connectivity index (χ2n) is 8.02. The second kappa shape index (κ2) is 11.5. The van der Waals surface area contributed by atoms with Crippen molar-refractivity contribution in [3.8, 4) is 6.07 Å². The number of nitrogens with zero attached hydrogens (tertiary/aromatic N) is 2. The lowest BCUT2D eigenvalue weighted by atomic mass is 10.1. The van der Waals surface area contributed by atoms with E-state index in [0.29, 0.717) is 36.9 Å². The Morgan fingerprint density at radius 1 is 1.06 bits per heavy atom. The minimum absolute atomic E-state index is 0.0340. The molecule has 2 N–H and O–H groups in total. The molecule has 8 nitrogen and oxygen atoms in total. The van der Waals surface area contributed by atoms with Gasteiger partial charge in [0.15, 0.2) is 0 Å². The van der Waals surface area contributed by atoms with Crippen molar-refractivity contribution in [1.29, 1.82) is 5.26 Å². The van der Waals surface area contributed by atoms with Crippen molar-refractivity contribution in [1.82, 2.24) is 9.71 Å². The number of unbranched alkanes of at least 4 members (excludes halogenated alkanes) is 2. The Kier molecular flexibility index (Phi) is 8.46. The molecule has 1 amide bonds. The topological polar surface area (TPSA) is 129 Å². The fourth-order valence-electron chi connectivity index (χ4n) is 3.48. The molecule has 1 unspecified atom stereocenters. The average molecular weight is 479 g/mol. The number of carbonyl (C=O) groups excluding carboxylic acids is 2. The van der Waals surface area contributed by atoms with Crippen molar-refractivity contribution in [2.45, 2.75) is 50.0 Å². The second-order valence-corrected chi connectivity index (χ2v) is 9.73. The summed E-state index contributed by atoms with van der Waals surface area (Å²) >= 11 is 0. The zero-order chi connectivity index (χ0) is 24.6. The van der Waals surface area contributed by atoms with Gasteiger partial charge in [-0.05, 0) is 56.2 Å². The Morgan fingerprint density at radius 2 is 1.79 bits per heavy atom. The number of ketones is 1. The van der Waals surface area contributed by atoms with Crippen molar-refractivity contribution < 1.29 is 18.0 Å². The largest absolute Gasteiger partial charge is 0.323 e. The lowest BCUT2D eigenvalue weighted by Crippen LogP contribution is -2.43. The number of hydrogen-bond donors (Lipinski definition) is 2. The van der Waals surface area contributed by atoms with Gasteiger partial charge in [0.2, 0.25) is 15.9 Å². The van der Waals surface area contributed by atoms with Gasteiger partial charge in [-0.1, -0.05) is 31.0 Å². The summed E-state index contributed by atoms with van der Waals surface area (Å²) in [7, 11) is -4.00. The molecule has 176 valence electrons. The number of carbonyl (C=O) groups is 2. The maximum atomic E-state index is 13.1. The van der Waals surface area contributed by atoms with Gasteiger partial charge < -0.3 is 10.1 Å². The van der Waals surface area contributed by atoms with Crippen molar-refractivity contribution in [3.05, 3.63) is 66.4 Å². The number of hydrogen-bond acceptors (Lipinski definition) is 6. The van der Waals surface area contributed by atoms with Crippen LogP contribution in [0.25, 0.3) is 10.9 Å². The number of nitrogens with one attached hydrogen (secondary N) is 2. The number of aromatic nitrogens is 1. The molecule has 9 heteroatoms. The smallest absolute Gasteiger partial charge is 0.242 e. The van der Waals surface area contributed by atoms with E-state index in [0.717, 1.165) is 10.9 Å². The minimum atomic E-state index is -4.00. The van der Waals surface area contributed by atoms with Crippen LogP contribution in [-0.4, -0.2) is 31.1 Å². The molecule has 1 atom stereocenters. The normalized spacial score (nSPS) is 12.1. The van der Waals surface area contributed by atoms with Crippen LogP contribution in [-0.2, 0) is 19.6 Å². The molecular weight excluding hydrogens is 452 g/mol. The van der Waals surface area contributed by atoms with Gasteiger partial charge in [-0.2, -0.15) is 9.98 Å². The molecule has 0 aliphatic heterocycles. The Labute approximate surface area is 199 Å². The highest BCUT2D eigenvalue weighted by Gasteiger charge is 2.26. The number of nitriles is 1. The van der Waals surface area contributed by atoms with Gasteiger partial charge in [0, 0.05) is 11.8 Å². The molecule has 34 heavy (non-hydrogen) atoms. The van der Waals surface area contributed by atoms with Crippen LogP contribution in [0, 0.1) is 11.3 Å². The average Bonchev–Trinajstić information content (AvgIpc) is 2.82. The van der Waals surface area contributed by atoms with Crippen molar-refractivity contribution in [2.75, 3.05) is 5.32 Å². The predicted octanol–water partition coefficient (Wildman–Crippen LogP) is 3.93. The van der Waals surface area contributed by atoms with E-state index in [1.54, 1.807) is 6.07 Å². The van der Waals surface area contributed by atoms with E-state index in [-0.39, 0.29) is 17.1 Å². The first-order valence-corrected chi connectivity index (χ1v) is 12.4. The van der Waals surface area contributed by atoms with E-state index >= 15 is 0 Å². The molecule has 1 heterocycles. The molecule has 2 aromatic carbocycles. The summed E-state index contributed by atoms with van der Waals surface area (Å²) in [6.07, 6.45) is 4.19. The van der Waals surface area contributed by atoms with Gasteiger partial charge in [-0.25, -0.2) is 8.42 Å². The Bertz CT molecular complexity index is 1310. The third kappa shape index (κ3) is 6.94. The van der Waals surface area contributed by atoms with Gasteiger partial charge in [0.25, 0.3) is 0 Å². The van der Waals surface area contributed by atoms with Gasteiger partial charge in [-0.15, -0.1) is 0 Å². The molecule has 0 saturated heterocycles. The third-order valence-electron chi connectivity index (χ3n) is 5.29. The van der Waals surface area contributed by atoms with E-state index in [1.807, 2.05) is 30.3 Å². The first-order valence-electron chi connectivity index (χ1n) is 11.0. The van der Waals surface area contributed by atoms with Crippen LogP contribution in [0.15, 0.2) is 65.7 Å². The van der Waals surface area contributed by atoms with Crippen LogP contribution >= 0.6 is 0 Å². The van der Waals surface area contributed by atoms with Crippen LogP contribution < -0.4 is 10.0 Å².